The molecule has 0 amide bonds. The Kier molecular flexibility index (Phi) is 3.71. The van der Waals surface area contributed by atoms with E-state index in [0.717, 1.165) is 11.3 Å². The lowest BCUT2D eigenvalue weighted by Crippen LogP contribution is -1.89. The van der Waals surface area contributed by atoms with Crippen LogP contribution in [0.15, 0.2) is 29.0 Å². The van der Waals surface area contributed by atoms with Gasteiger partial charge in [-0.05, 0) is 12.1 Å². The van der Waals surface area contributed by atoms with E-state index in [1.54, 1.807) is 7.11 Å². The fraction of sp³-hybridized carbons (Fsp3) is 0.125. The molecule has 0 saturated carbocycles. The van der Waals surface area contributed by atoms with Gasteiger partial charge in [0.05, 0.1) is 7.11 Å². The van der Waals surface area contributed by atoms with Gasteiger partial charge in [-0.1, -0.05) is 21.1 Å². The molecule has 0 fully saturated rings. The standard InChI is InChI=1S/C8H9NO2P/c1-11-8-5-3-2-4-7(8)6-9-12-10/h2-6,12H,1H3/q-1. The maximum atomic E-state index is 10.1. The maximum Gasteiger partial charge on any atom is 0.127 e. The molecule has 1 aromatic carbocycles. The van der Waals surface area contributed by atoms with E-state index in [-0.39, 0.29) is 0 Å². The van der Waals surface area contributed by atoms with Crippen LogP contribution >= 0.6 is 8.96 Å². The second-order valence-corrected chi connectivity index (χ2v) is 2.53. The summed E-state index contributed by atoms with van der Waals surface area (Å²) in [7, 11) is 0.934. The van der Waals surface area contributed by atoms with Crippen molar-refractivity contribution in [1.29, 1.82) is 0 Å². The highest BCUT2D eigenvalue weighted by atomic mass is 31.1. The number of benzene rings is 1. The van der Waals surface area contributed by atoms with Crippen LogP contribution in [0, 0.1) is 0 Å². The molecular formula is C8H9NO2P-. The van der Waals surface area contributed by atoms with Crippen LogP contribution in [0.2, 0.25) is 0 Å². The molecule has 3 nitrogen and oxygen atoms in total. The van der Waals surface area contributed by atoms with E-state index in [9.17, 15) is 4.89 Å². The lowest BCUT2D eigenvalue weighted by molar-refractivity contribution is -0.150. The molecule has 64 valence electrons. The summed E-state index contributed by atoms with van der Waals surface area (Å²) in [6.45, 7) is 0. The van der Waals surface area contributed by atoms with Crippen LogP contribution in [-0.4, -0.2) is 13.3 Å². The summed E-state index contributed by atoms with van der Waals surface area (Å²) in [4.78, 5) is 10.1. The van der Waals surface area contributed by atoms with E-state index in [0.29, 0.717) is 0 Å². The fourth-order valence-electron chi connectivity index (χ4n) is 0.869. The van der Waals surface area contributed by atoms with Gasteiger partial charge in [0.25, 0.3) is 0 Å². The molecule has 0 radical (unpaired) electrons. The molecule has 1 atom stereocenters. The van der Waals surface area contributed by atoms with E-state index in [4.69, 9.17) is 4.74 Å². The van der Waals surface area contributed by atoms with Crippen molar-refractivity contribution in [3.8, 4) is 5.75 Å². The zero-order chi connectivity index (χ0) is 8.81. The molecule has 1 aromatic rings. The molecule has 4 heteroatoms. The molecule has 1 rings (SSSR count). The van der Waals surface area contributed by atoms with Crippen molar-refractivity contribution in [3.63, 3.8) is 0 Å². The summed E-state index contributed by atoms with van der Waals surface area (Å²) < 4.78 is 8.67. The number of hydrogen-bond acceptors (Lipinski definition) is 3. The molecule has 0 aliphatic rings. The van der Waals surface area contributed by atoms with Crippen LogP contribution in [0.3, 0.4) is 0 Å². The first-order chi connectivity index (χ1) is 5.88. The van der Waals surface area contributed by atoms with E-state index in [1.165, 1.54) is 6.21 Å². The highest BCUT2D eigenvalue weighted by Crippen LogP contribution is 2.15. The summed E-state index contributed by atoms with van der Waals surface area (Å²) in [6, 6.07) is 7.42. The Morgan fingerprint density at radius 3 is 2.92 bits per heavy atom. The van der Waals surface area contributed by atoms with Crippen molar-refractivity contribution in [3.05, 3.63) is 29.8 Å². The summed E-state index contributed by atoms with van der Waals surface area (Å²) in [6.07, 6.45) is 1.53. The molecule has 0 aliphatic carbocycles. The third-order valence-corrected chi connectivity index (χ3v) is 1.63. The van der Waals surface area contributed by atoms with Crippen molar-refractivity contribution in [1.82, 2.24) is 0 Å². The Bertz CT molecular complexity index is 276. The number of methoxy groups -OCH3 is 1. The Morgan fingerprint density at radius 1 is 1.50 bits per heavy atom. The van der Waals surface area contributed by atoms with Gasteiger partial charge >= 0.3 is 0 Å². The highest BCUT2D eigenvalue weighted by Gasteiger charge is 1.95. The van der Waals surface area contributed by atoms with Gasteiger partial charge in [0, 0.05) is 11.8 Å². The Morgan fingerprint density at radius 2 is 2.25 bits per heavy atom. The van der Waals surface area contributed by atoms with Gasteiger partial charge < -0.3 is 9.63 Å². The quantitative estimate of drug-likeness (QED) is 0.516. The van der Waals surface area contributed by atoms with E-state index in [1.807, 2.05) is 24.3 Å². The van der Waals surface area contributed by atoms with Gasteiger partial charge in [-0.2, -0.15) is 0 Å². The van der Waals surface area contributed by atoms with Crippen molar-refractivity contribution in [2.45, 2.75) is 0 Å². The second-order valence-electron chi connectivity index (χ2n) is 2.09. The normalized spacial score (nSPS) is 11.5. The number of para-hydroxylation sites is 1. The minimum atomic E-state index is -0.655. The minimum absolute atomic E-state index is 0.655. The number of ether oxygens (including phenoxy) is 1. The Labute approximate surface area is 73.0 Å². The van der Waals surface area contributed by atoms with E-state index in [2.05, 4.69) is 4.76 Å². The van der Waals surface area contributed by atoms with Crippen LogP contribution in [0.5, 0.6) is 5.75 Å². The molecule has 0 saturated heterocycles. The number of nitrogens with zero attached hydrogens (tertiary/aromatic N) is 1. The van der Waals surface area contributed by atoms with Crippen LogP contribution in [0.4, 0.5) is 0 Å². The van der Waals surface area contributed by atoms with Gasteiger partial charge in [0.15, 0.2) is 0 Å². The van der Waals surface area contributed by atoms with Crippen molar-refractivity contribution < 1.29 is 9.63 Å². The first kappa shape index (κ1) is 9.17. The molecule has 12 heavy (non-hydrogen) atoms. The molecule has 0 heterocycles. The van der Waals surface area contributed by atoms with Crippen LogP contribution < -0.4 is 9.63 Å². The van der Waals surface area contributed by atoms with Crippen molar-refractivity contribution in [2.75, 3.05) is 7.11 Å². The lowest BCUT2D eigenvalue weighted by atomic mass is 10.2. The lowest BCUT2D eigenvalue weighted by Gasteiger charge is -2.03. The summed E-state index contributed by atoms with van der Waals surface area (Å²) in [5.41, 5.74) is 0.836. The van der Waals surface area contributed by atoms with Gasteiger partial charge in [-0.25, -0.2) is 0 Å². The van der Waals surface area contributed by atoms with E-state index >= 15 is 0 Å². The third-order valence-electron chi connectivity index (χ3n) is 1.40. The summed E-state index contributed by atoms with van der Waals surface area (Å²) in [5.74, 6) is 0.736. The van der Waals surface area contributed by atoms with Gasteiger partial charge in [0.2, 0.25) is 0 Å². The van der Waals surface area contributed by atoms with E-state index < -0.39 is 8.96 Å². The van der Waals surface area contributed by atoms with Gasteiger partial charge in [-0.3, -0.25) is 4.76 Å². The Balaban J connectivity index is 2.89. The number of rotatable bonds is 3. The third kappa shape index (κ3) is 2.29. The first-order valence-electron chi connectivity index (χ1n) is 3.41. The smallest absolute Gasteiger partial charge is 0.127 e. The summed E-state index contributed by atoms with van der Waals surface area (Å²) >= 11 is 0. The number of hydrogen-bond donors (Lipinski definition) is 0. The SMILES string of the molecule is COc1ccccc1C=NP[O-]. The van der Waals surface area contributed by atoms with Crippen molar-refractivity contribution >= 4 is 15.2 Å². The second kappa shape index (κ2) is 4.86. The van der Waals surface area contributed by atoms with Gasteiger partial charge in [0.1, 0.15) is 5.75 Å². The average molecular weight is 182 g/mol. The largest absolute Gasteiger partial charge is 0.814 e. The molecule has 1 unspecified atom stereocenters. The molecule has 0 bridgehead atoms. The highest BCUT2D eigenvalue weighted by molar-refractivity contribution is 7.28. The molecular weight excluding hydrogens is 173 g/mol. The predicted molar refractivity (Wildman–Crippen MR) is 48.9 cm³/mol. The molecule has 0 N–H and O–H groups in total. The maximum absolute atomic E-state index is 10.1. The minimum Gasteiger partial charge on any atom is -0.814 e. The zero-order valence-electron chi connectivity index (χ0n) is 6.65. The Hall–Kier alpha value is -0.920. The van der Waals surface area contributed by atoms with Crippen LogP contribution in [0.1, 0.15) is 5.56 Å². The topological polar surface area (TPSA) is 44.6 Å². The zero-order valence-corrected chi connectivity index (χ0v) is 7.65. The molecule has 0 aliphatic heterocycles. The first-order valence-corrected chi connectivity index (χ1v) is 4.27. The van der Waals surface area contributed by atoms with Gasteiger partial charge in [-0.15, -0.1) is 0 Å². The fourth-order valence-corrected chi connectivity index (χ4v) is 1.06. The molecule has 0 spiro atoms. The van der Waals surface area contributed by atoms with Crippen LogP contribution in [0.25, 0.3) is 0 Å². The monoisotopic (exact) mass is 182 g/mol. The summed E-state index contributed by atoms with van der Waals surface area (Å²) in [5, 5.41) is 0. The van der Waals surface area contributed by atoms with Crippen LogP contribution in [-0.2, 0) is 0 Å². The molecule has 0 aromatic heterocycles. The predicted octanol–water partition coefficient (Wildman–Crippen LogP) is 0.983. The van der Waals surface area contributed by atoms with Crippen molar-refractivity contribution in [2.24, 2.45) is 4.76 Å². The average Bonchev–Trinajstić information content (AvgIpc) is 2.15.